The molecular formula is C18H14BrNO2. The van der Waals surface area contributed by atoms with Crippen molar-refractivity contribution >= 4 is 32.8 Å². The summed E-state index contributed by atoms with van der Waals surface area (Å²) < 4.78 is 6.13. The Morgan fingerprint density at radius 1 is 1.14 bits per heavy atom. The second kappa shape index (κ2) is 6.28. The number of nitrogens with zero attached hydrogens (tertiary/aromatic N) is 1. The lowest BCUT2D eigenvalue weighted by Crippen LogP contribution is -2.08. The minimum atomic E-state index is -0.351. The third-order valence-electron chi connectivity index (χ3n) is 3.32. The highest BCUT2D eigenvalue weighted by Crippen LogP contribution is 2.27. The van der Waals surface area contributed by atoms with Crippen LogP contribution in [0.5, 0.6) is 0 Å². The van der Waals surface area contributed by atoms with Crippen molar-refractivity contribution in [2.24, 2.45) is 0 Å². The quantitative estimate of drug-likeness (QED) is 0.631. The summed E-state index contributed by atoms with van der Waals surface area (Å²) in [6, 6.07) is 17.3. The van der Waals surface area contributed by atoms with Crippen molar-refractivity contribution in [1.82, 2.24) is 4.98 Å². The first-order valence-corrected chi connectivity index (χ1v) is 7.81. The van der Waals surface area contributed by atoms with Crippen molar-refractivity contribution in [3.05, 3.63) is 64.6 Å². The summed E-state index contributed by atoms with van der Waals surface area (Å²) >= 11 is 3.44. The van der Waals surface area contributed by atoms with Crippen molar-refractivity contribution in [1.29, 1.82) is 0 Å². The number of carbonyl (C=O) groups excluding carboxylic acids is 1. The van der Waals surface area contributed by atoms with E-state index >= 15 is 0 Å². The molecule has 0 unspecified atom stereocenters. The fourth-order valence-corrected chi connectivity index (χ4v) is 2.71. The minimum absolute atomic E-state index is 0.337. The van der Waals surface area contributed by atoms with Gasteiger partial charge in [-0.05, 0) is 31.2 Å². The molecule has 0 amide bonds. The molecule has 0 bridgehead atoms. The van der Waals surface area contributed by atoms with Crippen molar-refractivity contribution in [3.63, 3.8) is 0 Å². The standard InChI is InChI=1S/C18H14BrNO2/c1-2-22-18(21)15-11-13-10-14(19)8-9-16(13)20-17(15)12-6-4-3-5-7-12/h3-11H,2H2,1H3. The van der Waals surface area contributed by atoms with Gasteiger partial charge < -0.3 is 4.74 Å². The SMILES string of the molecule is CCOC(=O)c1cc2cc(Br)ccc2nc1-c1ccccc1. The fraction of sp³-hybridized carbons (Fsp3) is 0.111. The summed E-state index contributed by atoms with van der Waals surface area (Å²) in [7, 11) is 0. The van der Waals surface area contributed by atoms with Gasteiger partial charge in [-0.15, -0.1) is 0 Å². The lowest BCUT2D eigenvalue weighted by atomic mass is 10.0. The van der Waals surface area contributed by atoms with E-state index in [0.717, 1.165) is 20.9 Å². The number of hydrogen-bond donors (Lipinski definition) is 0. The van der Waals surface area contributed by atoms with Gasteiger partial charge >= 0.3 is 5.97 Å². The smallest absolute Gasteiger partial charge is 0.340 e. The number of esters is 1. The molecule has 0 atom stereocenters. The van der Waals surface area contributed by atoms with Crippen LogP contribution >= 0.6 is 15.9 Å². The highest BCUT2D eigenvalue weighted by Gasteiger charge is 2.17. The highest BCUT2D eigenvalue weighted by atomic mass is 79.9. The maximum Gasteiger partial charge on any atom is 0.340 e. The van der Waals surface area contributed by atoms with E-state index in [1.807, 2.05) is 54.6 Å². The van der Waals surface area contributed by atoms with E-state index in [2.05, 4.69) is 20.9 Å². The molecule has 0 N–H and O–H groups in total. The Labute approximate surface area is 137 Å². The first-order chi connectivity index (χ1) is 10.7. The second-order valence-electron chi connectivity index (χ2n) is 4.81. The van der Waals surface area contributed by atoms with E-state index in [-0.39, 0.29) is 5.97 Å². The van der Waals surface area contributed by atoms with Crippen LogP contribution < -0.4 is 0 Å². The van der Waals surface area contributed by atoms with Crippen LogP contribution in [0, 0.1) is 0 Å². The molecular weight excluding hydrogens is 342 g/mol. The lowest BCUT2D eigenvalue weighted by Gasteiger charge is -2.10. The van der Waals surface area contributed by atoms with E-state index in [0.29, 0.717) is 17.9 Å². The van der Waals surface area contributed by atoms with Gasteiger partial charge in [0, 0.05) is 15.4 Å². The number of fused-ring (bicyclic) bond motifs is 1. The maximum absolute atomic E-state index is 12.3. The Bertz CT molecular complexity index is 831. The molecule has 4 heteroatoms. The van der Waals surface area contributed by atoms with Crippen molar-refractivity contribution < 1.29 is 9.53 Å². The summed E-state index contributed by atoms with van der Waals surface area (Å²) in [5, 5.41) is 0.900. The lowest BCUT2D eigenvalue weighted by molar-refractivity contribution is 0.0527. The third-order valence-corrected chi connectivity index (χ3v) is 3.81. The molecule has 0 radical (unpaired) electrons. The number of hydrogen-bond acceptors (Lipinski definition) is 3. The molecule has 3 aromatic rings. The Balaban J connectivity index is 2.25. The Morgan fingerprint density at radius 3 is 2.64 bits per heavy atom. The van der Waals surface area contributed by atoms with E-state index in [1.54, 1.807) is 6.92 Å². The van der Waals surface area contributed by atoms with Crippen LogP contribution in [0.2, 0.25) is 0 Å². The fourth-order valence-electron chi connectivity index (χ4n) is 2.33. The zero-order valence-electron chi connectivity index (χ0n) is 12.0. The van der Waals surface area contributed by atoms with Crippen LogP contribution in [0.1, 0.15) is 17.3 Å². The van der Waals surface area contributed by atoms with Gasteiger partial charge in [0.25, 0.3) is 0 Å². The molecule has 0 aliphatic rings. The Hall–Kier alpha value is -2.20. The van der Waals surface area contributed by atoms with E-state index in [9.17, 15) is 4.79 Å². The molecule has 0 saturated heterocycles. The Kier molecular flexibility index (Phi) is 4.20. The average molecular weight is 356 g/mol. The van der Waals surface area contributed by atoms with Gasteiger partial charge in [-0.2, -0.15) is 0 Å². The van der Waals surface area contributed by atoms with E-state index in [4.69, 9.17) is 4.74 Å². The average Bonchev–Trinajstić information content (AvgIpc) is 2.54. The molecule has 0 saturated carbocycles. The zero-order valence-corrected chi connectivity index (χ0v) is 13.6. The monoisotopic (exact) mass is 355 g/mol. The number of ether oxygens (including phenoxy) is 1. The summed E-state index contributed by atoms with van der Waals surface area (Å²) in [6.07, 6.45) is 0. The molecule has 1 aromatic heterocycles. The summed E-state index contributed by atoms with van der Waals surface area (Å²) in [5.74, 6) is -0.351. The predicted octanol–water partition coefficient (Wildman–Crippen LogP) is 4.84. The van der Waals surface area contributed by atoms with Crippen LogP contribution in [0.25, 0.3) is 22.2 Å². The van der Waals surface area contributed by atoms with Crippen molar-refractivity contribution in [3.8, 4) is 11.3 Å². The number of benzene rings is 2. The number of carbonyl (C=O) groups is 1. The van der Waals surface area contributed by atoms with E-state index < -0.39 is 0 Å². The molecule has 3 rings (SSSR count). The zero-order chi connectivity index (χ0) is 15.5. The van der Waals surface area contributed by atoms with Gasteiger partial charge in [-0.1, -0.05) is 46.3 Å². The molecule has 0 aliphatic carbocycles. The molecule has 0 fully saturated rings. The van der Waals surface area contributed by atoms with Gasteiger partial charge in [-0.25, -0.2) is 9.78 Å². The van der Waals surface area contributed by atoms with Crippen molar-refractivity contribution in [2.45, 2.75) is 6.92 Å². The number of rotatable bonds is 3. The van der Waals surface area contributed by atoms with Crippen LogP contribution in [-0.2, 0) is 4.74 Å². The Morgan fingerprint density at radius 2 is 1.91 bits per heavy atom. The van der Waals surface area contributed by atoms with Gasteiger partial charge in [0.05, 0.1) is 23.4 Å². The molecule has 1 heterocycles. The molecule has 0 spiro atoms. The molecule has 110 valence electrons. The number of pyridine rings is 1. The van der Waals surface area contributed by atoms with Crippen LogP contribution in [0.3, 0.4) is 0 Å². The largest absolute Gasteiger partial charge is 0.462 e. The molecule has 2 aromatic carbocycles. The maximum atomic E-state index is 12.3. The van der Waals surface area contributed by atoms with Crippen molar-refractivity contribution in [2.75, 3.05) is 6.61 Å². The van der Waals surface area contributed by atoms with Crippen LogP contribution in [0.4, 0.5) is 0 Å². The number of halogens is 1. The highest BCUT2D eigenvalue weighted by molar-refractivity contribution is 9.10. The normalized spacial score (nSPS) is 10.6. The van der Waals surface area contributed by atoms with Gasteiger partial charge in [0.1, 0.15) is 0 Å². The van der Waals surface area contributed by atoms with Gasteiger partial charge in [0.15, 0.2) is 0 Å². The van der Waals surface area contributed by atoms with Gasteiger partial charge in [-0.3, -0.25) is 0 Å². The van der Waals surface area contributed by atoms with Gasteiger partial charge in [0.2, 0.25) is 0 Å². The topological polar surface area (TPSA) is 39.2 Å². The predicted molar refractivity (Wildman–Crippen MR) is 90.8 cm³/mol. The summed E-state index contributed by atoms with van der Waals surface area (Å²) in [4.78, 5) is 17.0. The summed E-state index contributed by atoms with van der Waals surface area (Å²) in [6.45, 7) is 2.13. The third kappa shape index (κ3) is 2.88. The first-order valence-electron chi connectivity index (χ1n) is 7.02. The first kappa shape index (κ1) is 14.7. The van der Waals surface area contributed by atoms with E-state index in [1.165, 1.54) is 0 Å². The second-order valence-corrected chi connectivity index (χ2v) is 5.72. The summed E-state index contributed by atoms with van der Waals surface area (Å²) in [5.41, 5.74) is 2.87. The van der Waals surface area contributed by atoms with Crippen LogP contribution in [-0.4, -0.2) is 17.6 Å². The number of aromatic nitrogens is 1. The molecule has 22 heavy (non-hydrogen) atoms. The molecule has 0 aliphatic heterocycles. The minimum Gasteiger partial charge on any atom is -0.462 e. The molecule has 3 nitrogen and oxygen atoms in total. The van der Waals surface area contributed by atoms with Crippen LogP contribution in [0.15, 0.2) is 59.1 Å².